The lowest BCUT2D eigenvalue weighted by Gasteiger charge is -2.35. The summed E-state index contributed by atoms with van der Waals surface area (Å²) < 4.78 is 57.8. The van der Waals surface area contributed by atoms with Crippen LogP contribution in [0.15, 0.2) is 24.3 Å². The van der Waals surface area contributed by atoms with Gasteiger partial charge in [0.1, 0.15) is 11.4 Å². The number of ether oxygens (including phenoxy) is 1. The normalized spacial score (nSPS) is 23.0. The molecule has 1 aromatic carbocycles. The Bertz CT molecular complexity index is 749. The molecule has 3 rings (SSSR count). The van der Waals surface area contributed by atoms with E-state index in [2.05, 4.69) is 0 Å². The van der Waals surface area contributed by atoms with Crippen LogP contribution in [0.1, 0.15) is 51.2 Å². The molecule has 0 spiro atoms. The van der Waals surface area contributed by atoms with Crippen molar-refractivity contribution < 1.29 is 27.1 Å². The third-order valence-electron chi connectivity index (χ3n) is 4.64. The van der Waals surface area contributed by atoms with Crippen LogP contribution in [0.25, 0.3) is 5.57 Å². The maximum atomic E-state index is 14.3. The maximum absolute atomic E-state index is 14.3. The molecule has 2 aliphatic rings. The van der Waals surface area contributed by atoms with Crippen molar-refractivity contribution in [2.24, 2.45) is 0 Å². The van der Waals surface area contributed by atoms with Crippen molar-refractivity contribution in [2.75, 3.05) is 0 Å². The number of rotatable bonds is 1. The molecular formula is C19H21F4NO2. The number of alkyl halides is 3. The molecule has 2 heterocycles. The van der Waals surface area contributed by atoms with Gasteiger partial charge in [-0.1, -0.05) is 12.1 Å². The molecule has 2 bridgehead atoms. The average Bonchev–Trinajstić information content (AvgIpc) is 2.75. The van der Waals surface area contributed by atoms with Gasteiger partial charge < -0.3 is 4.74 Å². The van der Waals surface area contributed by atoms with E-state index >= 15 is 0 Å². The monoisotopic (exact) mass is 371 g/mol. The van der Waals surface area contributed by atoms with Crippen LogP contribution in [-0.2, 0) is 10.9 Å². The predicted octanol–water partition coefficient (Wildman–Crippen LogP) is 5.40. The van der Waals surface area contributed by atoms with Gasteiger partial charge in [-0.15, -0.1) is 0 Å². The van der Waals surface area contributed by atoms with Crippen LogP contribution < -0.4 is 0 Å². The number of amides is 1. The van der Waals surface area contributed by atoms with E-state index in [0.717, 1.165) is 18.9 Å². The second-order valence-corrected chi connectivity index (χ2v) is 7.77. The van der Waals surface area contributed by atoms with Crippen LogP contribution in [-0.4, -0.2) is 28.7 Å². The van der Waals surface area contributed by atoms with Gasteiger partial charge in [-0.05, 0) is 57.7 Å². The van der Waals surface area contributed by atoms with Gasteiger partial charge in [-0.3, -0.25) is 4.90 Å². The number of carbonyl (C=O) groups excluding carboxylic acids is 1. The Labute approximate surface area is 149 Å². The molecular weight excluding hydrogens is 350 g/mol. The fraction of sp³-hybridized carbons (Fsp3) is 0.526. The quantitative estimate of drug-likeness (QED) is 0.619. The van der Waals surface area contributed by atoms with Crippen LogP contribution in [0, 0.1) is 5.82 Å². The average molecular weight is 371 g/mol. The molecule has 1 fully saturated rings. The molecule has 7 heteroatoms. The van der Waals surface area contributed by atoms with Crippen LogP contribution in [0.2, 0.25) is 0 Å². The number of fused-ring (bicyclic) bond motifs is 2. The van der Waals surface area contributed by atoms with Gasteiger partial charge in [0.15, 0.2) is 0 Å². The van der Waals surface area contributed by atoms with Crippen LogP contribution in [0.4, 0.5) is 22.4 Å². The highest BCUT2D eigenvalue weighted by Gasteiger charge is 2.42. The smallest absolute Gasteiger partial charge is 0.416 e. The molecule has 0 saturated carbocycles. The third-order valence-corrected chi connectivity index (χ3v) is 4.64. The highest BCUT2D eigenvalue weighted by molar-refractivity contribution is 5.75. The number of nitrogens with zero attached hydrogens (tertiary/aromatic N) is 1. The van der Waals surface area contributed by atoms with E-state index < -0.39 is 29.3 Å². The van der Waals surface area contributed by atoms with Crippen molar-refractivity contribution in [3.63, 3.8) is 0 Å². The first-order valence-electron chi connectivity index (χ1n) is 8.55. The summed E-state index contributed by atoms with van der Waals surface area (Å²) in [4.78, 5) is 14.1. The Balaban J connectivity index is 1.85. The summed E-state index contributed by atoms with van der Waals surface area (Å²) in [5.74, 6) is -0.892. The number of halogens is 4. The van der Waals surface area contributed by atoms with Gasteiger partial charge in [0.05, 0.1) is 11.6 Å². The maximum Gasteiger partial charge on any atom is 0.416 e. The first-order chi connectivity index (χ1) is 12.0. The summed E-state index contributed by atoms with van der Waals surface area (Å²) in [6, 6.07) is 2.24. The lowest BCUT2D eigenvalue weighted by molar-refractivity contribution is -0.137. The van der Waals surface area contributed by atoms with Crippen molar-refractivity contribution in [2.45, 2.75) is 63.9 Å². The van der Waals surface area contributed by atoms with Gasteiger partial charge in [-0.25, -0.2) is 9.18 Å². The molecule has 26 heavy (non-hydrogen) atoms. The van der Waals surface area contributed by atoms with Gasteiger partial charge in [0, 0.05) is 11.6 Å². The molecule has 0 N–H and O–H groups in total. The van der Waals surface area contributed by atoms with Crippen molar-refractivity contribution >= 4 is 11.7 Å². The first-order valence-corrected chi connectivity index (χ1v) is 8.55. The third kappa shape index (κ3) is 3.71. The van der Waals surface area contributed by atoms with Crippen molar-refractivity contribution in [1.82, 2.24) is 4.90 Å². The van der Waals surface area contributed by atoms with Crippen LogP contribution >= 0.6 is 0 Å². The molecule has 0 aliphatic carbocycles. The Morgan fingerprint density at radius 2 is 1.88 bits per heavy atom. The molecule has 3 nitrogen and oxygen atoms in total. The van der Waals surface area contributed by atoms with Crippen molar-refractivity contribution in [1.29, 1.82) is 0 Å². The number of hydrogen-bond acceptors (Lipinski definition) is 2. The Morgan fingerprint density at radius 1 is 1.19 bits per heavy atom. The first kappa shape index (κ1) is 18.7. The highest BCUT2D eigenvalue weighted by Crippen LogP contribution is 2.40. The van der Waals surface area contributed by atoms with E-state index in [9.17, 15) is 22.4 Å². The fourth-order valence-corrected chi connectivity index (χ4v) is 3.58. The van der Waals surface area contributed by atoms with E-state index in [1.54, 1.807) is 31.7 Å². The topological polar surface area (TPSA) is 29.5 Å². The zero-order chi connectivity index (χ0) is 19.3. The standard InChI is InChI=1S/C19H21F4NO2/c1-18(2,3)26-17(25)24-13-5-6-14(24)9-11(8-13)15-7-4-12(10-16(15)20)19(21,22)23/h4,7-8,10,13-14H,5-6,9H2,1-3H3. The van der Waals surface area contributed by atoms with Crippen LogP contribution in [0.5, 0.6) is 0 Å². The van der Waals surface area contributed by atoms with E-state index in [0.29, 0.717) is 18.1 Å². The summed E-state index contributed by atoms with van der Waals surface area (Å²) in [6.07, 6.45) is -1.32. The molecule has 1 amide bonds. The Hall–Kier alpha value is -2.05. The zero-order valence-electron chi connectivity index (χ0n) is 14.9. The minimum absolute atomic E-state index is 0.128. The van der Waals surface area contributed by atoms with E-state index in [1.165, 1.54) is 6.07 Å². The zero-order valence-corrected chi connectivity index (χ0v) is 14.9. The molecule has 2 unspecified atom stereocenters. The predicted molar refractivity (Wildman–Crippen MR) is 88.9 cm³/mol. The summed E-state index contributed by atoms with van der Waals surface area (Å²) in [6.45, 7) is 5.36. The lowest BCUT2D eigenvalue weighted by Crippen LogP contribution is -2.45. The van der Waals surface area contributed by atoms with Gasteiger partial charge in [-0.2, -0.15) is 13.2 Å². The Morgan fingerprint density at radius 3 is 2.42 bits per heavy atom. The fourth-order valence-electron chi connectivity index (χ4n) is 3.58. The second kappa shape index (κ2) is 6.28. The summed E-state index contributed by atoms with van der Waals surface area (Å²) in [7, 11) is 0. The molecule has 0 radical (unpaired) electrons. The van der Waals surface area contributed by atoms with Crippen molar-refractivity contribution in [3.05, 3.63) is 41.2 Å². The molecule has 2 aliphatic heterocycles. The largest absolute Gasteiger partial charge is 0.444 e. The second-order valence-electron chi connectivity index (χ2n) is 7.77. The molecule has 0 aromatic heterocycles. The summed E-state index contributed by atoms with van der Waals surface area (Å²) in [5, 5.41) is 0. The minimum Gasteiger partial charge on any atom is -0.444 e. The molecule has 2 atom stereocenters. The van der Waals surface area contributed by atoms with Crippen LogP contribution in [0.3, 0.4) is 0 Å². The number of carbonyl (C=O) groups is 1. The van der Waals surface area contributed by atoms with E-state index in [1.807, 2.05) is 0 Å². The highest BCUT2D eigenvalue weighted by atomic mass is 19.4. The number of benzene rings is 1. The molecule has 1 saturated heterocycles. The number of hydrogen-bond donors (Lipinski definition) is 0. The van der Waals surface area contributed by atoms with Gasteiger partial charge >= 0.3 is 12.3 Å². The van der Waals surface area contributed by atoms with Gasteiger partial charge in [0.2, 0.25) is 0 Å². The van der Waals surface area contributed by atoms with E-state index in [4.69, 9.17) is 4.74 Å². The lowest BCUT2D eigenvalue weighted by atomic mass is 9.93. The Kier molecular flexibility index (Phi) is 4.53. The minimum atomic E-state index is -4.58. The van der Waals surface area contributed by atoms with E-state index in [-0.39, 0.29) is 17.6 Å². The summed E-state index contributed by atoms with van der Waals surface area (Å²) >= 11 is 0. The summed E-state index contributed by atoms with van der Waals surface area (Å²) in [5.41, 5.74) is -0.809. The molecule has 1 aromatic rings. The SMILES string of the molecule is CC(C)(C)OC(=O)N1C2C=C(c3ccc(C(F)(F)F)cc3F)CC1CC2. The van der Waals surface area contributed by atoms with Crippen molar-refractivity contribution in [3.8, 4) is 0 Å². The van der Waals surface area contributed by atoms with Gasteiger partial charge in [0.25, 0.3) is 0 Å². The molecule has 142 valence electrons.